The highest BCUT2D eigenvalue weighted by Gasteiger charge is 2.15. The summed E-state index contributed by atoms with van der Waals surface area (Å²) in [5.74, 6) is -0.360. The van der Waals surface area contributed by atoms with Gasteiger partial charge < -0.3 is 14.8 Å². The molecule has 38 heavy (non-hydrogen) atoms. The van der Waals surface area contributed by atoms with Crippen molar-refractivity contribution >= 4 is 29.4 Å². The van der Waals surface area contributed by atoms with Crippen molar-refractivity contribution in [2.45, 2.75) is 50.8 Å². The lowest BCUT2D eigenvalue weighted by atomic mass is 10.0. The van der Waals surface area contributed by atoms with Gasteiger partial charge in [0.1, 0.15) is 17.7 Å². The lowest BCUT2D eigenvalue weighted by Gasteiger charge is -2.15. The Kier molecular flexibility index (Phi) is 11.3. The highest BCUT2D eigenvalue weighted by molar-refractivity contribution is 7.99. The maximum Gasteiger partial charge on any atom is 0.306 e. The number of halogens is 2. The van der Waals surface area contributed by atoms with Crippen molar-refractivity contribution in [1.29, 1.82) is 5.26 Å². The van der Waals surface area contributed by atoms with Gasteiger partial charge in [-0.2, -0.15) is 5.26 Å². The van der Waals surface area contributed by atoms with Gasteiger partial charge >= 0.3 is 5.97 Å². The maximum atomic E-state index is 14.3. The van der Waals surface area contributed by atoms with Gasteiger partial charge in [-0.05, 0) is 42.7 Å². The topological polar surface area (TPSA) is 97.1 Å². The number of benzene rings is 1. The Morgan fingerprint density at radius 3 is 2.66 bits per heavy atom. The molecular weight excluding hydrogens is 510 g/mol. The van der Waals surface area contributed by atoms with Crippen molar-refractivity contribution in [3.05, 3.63) is 66.0 Å². The summed E-state index contributed by atoms with van der Waals surface area (Å²) in [6.45, 7) is 4.68. The number of nitrogens with one attached hydrogen (secondary N) is 1. The minimum Gasteiger partial charge on any atom is -0.465 e. The second kappa shape index (κ2) is 14.9. The summed E-state index contributed by atoms with van der Waals surface area (Å²) in [6, 6.07) is 9.84. The van der Waals surface area contributed by atoms with Crippen LogP contribution in [0.2, 0.25) is 0 Å². The molecule has 3 aromatic rings. The van der Waals surface area contributed by atoms with Gasteiger partial charge in [0.25, 0.3) is 0 Å². The van der Waals surface area contributed by atoms with Crippen LogP contribution >= 0.6 is 11.8 Å². The molecule has 0 saturated carbocycles. The number of hydrogen-bond acceptors (Lipinski definition) is 8. The maximum absolute atomic E-state index is 14.3. The molecule has 1 N–H and O–H groups in total. The molecule has 0 saturated heterocycles. The van der Waals surface area contributed by atoms with Crippen LogP contribution in [0.3, 0.4) is 0 Å². The quantitative estimate of drug-likeness (QED) is 0.167. The Bertz CT molecular complexity index is 1250. The lowest BCUT2D eigenvalue weighted by Crippen LogP contribution is -2.14. The van der Waals surface area contributed by atoms with E-state index in [2.05, 4.69) is 29.1 Å². The van der Waals surface area contributed by atoms with Crippen LogP contribution in [0.4, 0.5) is 20.4 Å². The third kappa shape index (κ3) is 8.99. The number of nitriles is 1. The minimum absolute atomic E-state index is 0.177. The SMILES string of the molecule is CCCCC(CC)COC(=O)CCSc1cnc(Nc2ccc(C#N)cn2)c(Oc2ccc(F)cc2F)c1. The van der Waals surface area contributed by atoms with E-state index in [1.165, 1.54) is 24.0 Å². The Morgan fingerprint density at radius 2 is 1.97 bits per heavy atom. The number of carbonyl (C=O) groups is 1. The van der Waals surface area contributed by atoms with E-state index in [4.69, 9.17) is 14.7 Å². The summed E-state index contributed by atoms with van der Waals surface area (Å²) in [6.07, 6.45) is 7.49. The monoisotopic (exact) mass is 540 g/mol. The summed E-state index contributed by atoms with van der Waals surface area (Å²) in [7, 11) is 0. The number of esters is 1. The zero-order valence-electron chi connectivity index (χ0n) is 21.4. The standard InChI is InChI=1S/C28H30F2N4O3S/c1-3-5-6-19(4-2)18-36-27(35)11-12-38-22-14-25(37-24-9-8-21(29)13-23(24)30)28(33-17-22)34-26-10-7-20(15-31)16-32-26/h7-10,13-14,16-17,19H,3-6,11-12,18H2,1-2H3,(H,32,33,34). The molecule has 1 aromatic carbocycles. The number of carbonyl (C=O) groups excluding carboxylic acids is 1. The molecule has 1 unspecified atom stereocenters. The third-order valence-electron chi connectivity index (χ3n) is 5.68. The molecule has 0 aliphatic rings. The van der Waals surface area contributed by atoms with E-state index in [9.17, 15) is 13.6 Å². The average molecular weight is 541 g/mol. The first-order chi connectivity index (χ1) is 18.4. The number of anilines is 2. The largest absolute Gasteiger partial charge is 0.465 e. The van der Waals surface area contributed by atoms with Crippen LogP contribution in [0, 0.1) is 28.9 Å². The van der Waals surface area contributed by atoms with Crippen molar-refractivity contribution in [2.75, 3.05) is 17.7 Å². The number of pyridine rings is 2. The third-order valence-corrected chi connectivity index (χ3v) is 6.64. The van der Waals surface area contributed by atoms with Crippen LogP contribution in [0.1, 0.15) is 51.5 Å². The van der Waals surface area contributed by atoms with Crippen molar-refractivity contribution in [2.24, 2.45) is 5.92 Å². The smallest absolute Gasteiger partial charge is 0.306 e. The van der Waals surface area contributed by atoms with Crippen LogP contribution in [-0.2, 0) is 9.53 Å². The average Bonchev–Trinajstić information content (AvgIpc) is 2.92. The predicted molar refractivity (Wildman–Crippen MR) is 143 cm³/mol. The van der Waals surface area contributed by atoms with Gasteiger partial charge in [-0.15, -0.1) is 11.8 Å². The van der Waals surface area contributed by atoms with E-state index >= 15 is 0 Å². The summed E-state index contributed by atoms with van der Waals surface area (Å²) in [5.41, 5.74) is 0.393. The van der Waals surface area contributed by atoms with Crippen LogP contribution in [0.25, 0.3) is 0 Å². The highest BCUT2D eigenvalue weighted by Crippen LogP contribution is 2.34. The van der Waals surface area contributed by atoms with Crippen LogP contribution < -0.4 is 10.1 Å². The summed E-state index contributed by atoms with van der Waals surface area (Å²) < 4.78 is 38.8. The first-order valence-electron chi connectivity index (χ1n) is 12.5. The van der Waals surface area contributed by atoms with E-state index in [0.717, 1.165) is 37.8 Å². The molecule has 10 heteroatoms. The second-order valence-corrected chi connectivity index (χ2v) is 9.73. The van der Waals surface area contributed by atoms with E-state index in [0.29, 0.717) is 34.6 Å². The number of nitrogens with zero attached hydrogens (tertiary/aromatic N) is 3. The predicted octanol–water partition coefficient (Wildman–Crippen LogP) is 7.40. The Labute approximate surface area is 225 Å². The molecule has 0 aliphatic heterocycles. The summed E-state index contributed by atoms with van der Waals surface area (Å²) >= 11 is 1.38. The molecule has 7 nitrogen and oxygen atoms in total. The zero-order valence-corrected chi connectivity index (χ0v) is 22.2. The Hall–Kier alpha value is -3.71. The van der Waals surface area contributed by atoms with E-state index in [1.54, 1.807) is 24.4 Å². The minimum atomic E-state index is -0.863. The number of rotatable bonds is 14. The van der Waals surface area contributed by atoms with E-state index in [1.807, 2.05) is 6.07 Å². The number of thioether (sulfide) groups is 1. The fraction of sp³-hybridized carbons (Fsp3) is 0.357. The van der Waals surface area contributed by atoms with Crippen LogP contribution in [0.5, 0.6) is 11.5 Å². The van der Waals surface area contributed by atoms with Crippen LogP contribution in [-0.4, -0.2) is 28.3 Å². The molecule has 0 spiro atoms. The van der Waals surface area contributed by atoms with Gasteiger partial charge in [-0.1, -0.05) is 33.1 Å². The molecule has 0 fully saturated rings. The number of aromatic nitrogens is 2. The van der Waals surface area contributed by atoms with Gasteiger partial charge in [-0.25, -0.2) is 18.7 Å². The highest BCUT2D eigenvalue weighted by atomic mass is 32.2. The van der Waals surface area contributed by atoms with Gasteiger partial charge in [0.05, 0.1) is 18.6 Å². The number of hydrogen-bond donors (Lipinski definition) is 1. The van der Waals surface area contributed by atoms with Crippen molar-refractivity contribution in [3.8, 4) is 17.6 Å². The lowest BCUT2D eigenvalue weighted by molar-refractivity contribution is -0.144. The summed E-state index contributed by atoms with van der Waals surface area (Å²) in [4.78, 5) is 21.4. The van der Waals surface area contributed by atoms with Gasteiger partial charge in [0, 0.05) is 29.1 Å². The van der Waals surface area contributed by atoms with Crippen molar-refractivity contribution in [3.63, 3.8) is 0 Å². The Balaban J connectivity index is 1.67. The van der Waals surface area contributed by atoms with Gasteiger partial charge in [0.15, 0.2) is 23.1 Å². The molecule has 0 radical (unpaired) electrons. The fourth-order valence-electron chi connectivity index (χ4n) is 3.44. The molecule has 200 valence electrons. The summed E-state index contributed by atoms with van der Waals surface area (Å²) in [5, 5.41) is 12.0. The molecular formula is C28H30F2N4O3S. The second-order valence-electron chi connectivity index (χ2n) is 8.56. The normalized spacial score (nSPS) is 11.4. The first kappa shape index (κ1) is 28.9. The number of ether oxygens (including phenoxy) is 2. The fourth-order valence-corrected chi connectivity index (χ4v) is 4.26. The van der Waals surface area contributed by atoms with E-state index in [-0.39, 0.29) is 29.7 Å². The van der Waals surface area contributed by atoms with Crippen molar-refractivity contribution < 1.29 is 23.0 Å². The van der Waals surface area contributed by atoms with E-state index < -0.39 is 11.6 Å². The zero-order chi connectivity index (χ0) is 27.3. The molecule has 3 rings (SSSR count). The van der Waals surface area contributed by atoms with Gasteiger partial charge in [0.2, 0.25) is 0 Å². The first-order valence-corrected chi connectivity index (χ1v) is 13.4. The molecule has 0 aliphatic carbocycles. The van der Waals surface area contributed by atoms with Crippen molar-refractivity contribution in [1.82, 2.24) is 9.97 Å². The molecule has 0 amide bonds. The molecule has 2 heterocycles. The van der Waals surface area contributed by atoms with Gasteiger partial charge in [-0.3, -0.25) is 4.79 Å². The molecule has 1 atom stereocenters. The molecule has 0 bridgehead atoms. The molecule has 2 aromatic heterocycles. The van der Waals surface area contributed by atoms with Crippen LogP contribution in [0.15, 0.2) is 53.7 Å². The Morgan fingerprint density at radius 1 is 1.13 bits per heavy atom. The number of unbranched alkanes of at least 4 members (excludes halogenated alkanes) is 1.